The summed E-state index contributed by atoms with van der Waals surface area (Å²) in [5.74, 6) is -1.70. The number of nitrogens with zero attached hydrogens (tertiary/aromatic N) is 6. The van der Waals surface area contributed by atoms with Crippen LogP contribution in [0.4, 0.5) is 27.8 Å². The molecule has 1 fully saturated rings. The van der Waals surface area contributed by atoms with Crippen molar-refractivity contribution in [3.63, 3.8) is 0 Å². The Morgan fingerprint density at radius 3 is 2.69 bits per heavy atom. The molecule has 0 spiro atoms. The van der Waals surface area contributed by atoms with Crippen molar-refractivity contribution in [3.05, 3.63) is 71.9 Å². The third-order valence-electron chi connectivity index (χ3n) is 5.81. The SMILES string of the molecule is O=C(N[C@H]1CCCN(c2ccnc(-c3cnc4cnc(C(F)(F)F)cn34)n2)C1)c1ccc(F)cc1F. The van der Waals surface area contributed by atoms with E-state index in [1.165, 1.54) is 16.8 Å². The van der Waals surface area contributed by atoms with Gasteiger partial charge in [-0.3, -0.25) is 9.20 Å². The van der Waals surface area contributed by atoms with Crippen LogP contribution in [0.1, 0.15) is 28.9 Å². The van der Waals surface area contributed by atoms with E-state index in [1.807, 2.05) is 4.90 Å². The number of nitrogens with one attached hydrogen (secondary N) is 1. The molecule has 3 aromatic heterocycles. The summed E-state index contributed by atoms with van der Waals surface area (Å²) in [5, 5.41) is 2.77. The van der Waals surface area contributed by atoms with Crippen LogP contribution in [0, 0.1) is 11.6 Å². The lowest BCUT2D eigenvalue weighted by Crippen LogP contribution is -2.48. The molecule has 1 amide bonds. The zero-order chi connectivity index (χ0) is 25.4. The molecule has 0 bridgehead atoms. The van der Waals surface area contributed by atoms with E-state index in [0.29, 0.717) is 37.8 Å². The molecule has 1 atom stereocenters. The van der Waals surface area contributed by atoms with Gasteiger partial charge in [0.05, 0.1) is 18.0 Å². The van der Waals surface area contributed by atoms with Gasteiger partial charge in [0.15, 0.2) is 17.2 Å². The Bertz CT molecular complexity index is 1440. The van der Waals surface area contributed by atoms with Crippen LogP contribution in [-0.4, -0.2) is 49.4 Å². The van der Waals surface area contributed by atoms with E-state index in [0.717, 1.165) is 24.5 Å². The quantitative estimate of drug-likeness (QED) is 0.426. The first-order valence-electron chi connectivity index (χ1n) is 10.9. The van der Waals surface area contributed by atoms with Gasteiger partial charge in [-0.25, -0.2) is 28.7 Å². The molecule has 0 saturated carbocycles. The second kappa shape index (κ2) is 9.13. The van der Waals surface area contributed by atoms with Crippen molar-refractivity contribution >= 4 is 17.4 Å². The second-order valence-corrected chi connectivity index (χ2v) is 8.26. The molecule has 4 aromatic rings. The van der Waals surface area contributed by atoms with Crippen molar-refractivity contribution in [2.24, 2.45) is 0 Å². The molecule has 1 aromatic carbocycles. The molecule has 1 N–H and O–H groups in total. The monoisotopic (exact) mass is 503 g/mol. The van der Waals surface area contributed by atoms with Gasteiger partial charge in [0.25, 0.3) is 5.91 Å². The van der Waals surface area contributed by atoms with Gasteiger partial charge < -0.3 is 10.2 Å². The number of rotatable bonds is 4. The Morgan fingerprint density at radius 1 is 1.08 bits per heavy atom. The van der Waals surface area contributed by atoms with Crippen molar-refractivity contribution in [1.29, 1.82) is 0 Å². The number of piperidine rings is 1. The lowest BCUT2D eigenvalue weighted by molar-refractivity contribution is -0.141. The minimum Gasteiger partial charge on any atom is -0.354 e. The smallest absolute Gasteiger partial charge is 0.354 e. The Hall–Kier alpha value is -4.16. The Kier molecular flexibility index (Phi) is 5.98. The maximum absolute atomic E-state index is 14.0. The topological polar surface area (TPSA) is 88.3 Å². The van der Waals surface area contributed by atoms with Crippen molar-refractivity contribution < 1.29 is 26.7 Å². The van der Waals surface area contributed by atoms with E-state index < -0.39 is 29.4 Å². The number of fused-ring (bicyclic) bond motifs is 1. The number of imidazole rings is 1. The predicted octanol–water partition coefficient (Wildman–Crippen LogP) is 3.88. The summed E-state index contributed by atoms with van der Waals surface area (Å²) in [6.45, 7) is 0.976. The summed E-state index contributed by atoms with van der Waals surface area (Å²) in [4.78, 5) is 30.6. The van der Waals surface area contributed by atoms with Gasteiger partial charge >= 0.3 is 6.18 Å². The Morgan fingerprint density at radius 2 is 1.92 bits per heavy atom. The number of halogens is 5. The average Bonchev–Trinajstić information content (AvgIpc) is 3.27. The lowest BCUT2D eigenvalue weighted by Gasteiger charge is -2.34. The highest BCUT2D eigenvalue weighted by atomic mass is 19.4. The van der Waals surface area contributed by atoms with Crippen molar-refractivity contribution in [1.82, 2.24) is 29.7 Å². The van der Waals surface area contributed by atoms with Crippen LogP contribution in [-0.2, 0) is 6.18 Å². The summed E-state index contributed by atoms with van der Waals surface area (Å²) in [6.07, 6.45) is 1.44. The van der Waals surface area contributed by atoms with Gasteiger partial charge in [-0.2, -0.15) is 13.2 Å². The van der Waals surface area contributed by atoms with Gasteiger partial charge in [0.1, 0.15) is 23.1 Å². The van der Waals surface area contributed by atoms with Crippen LogP contribution < -0.4 is 10.2 Å². The fraction of sp³-hybridized carbons (Fsp3) is 0.261. The molecule has 186 valence electrons. The summed E-state index contributed by atoms with van der Waals surface area (Å²) >= 11 is 0. The second-order valence-electron chi connectivity index (χ2n) is 8.26. The minimum absolute atomic E-state index is 0.166. The fourth-order valence-electron chi connectivity index (χ4n) is 4.09. The number of anilines is 1. The highest BCUT2D eigenvalue weighted by Crippen LogP contribution is 2.29. The van der Waals surface area contributed by atoms with Crippen LogP contribution in [0.15, 0.2) is 49.1 Å². The minimum atomic E-state index is -4.62. The molecule has 1 saturated heterocycles. The molecule has 8 nitrogen and oxygen atoms in total. The first-order valence-corrected chi connectivity index (χ1v) is 10.9. The molecular weight excluding hydrogens is 485 g/mol. The fourth-order valence-corrected chi connectivity index (χ4v) is 4.09. The zero-order valence-electron chi connectivity index (χ0n) is 18.5. The Labute approximate surface area is 200 Å². The summed E-state index contributed by atoms with van der Waals surface area (Å²) in [6, 6.07) is 4.08. The van der Waals surface area contributed by atoms with E-state index in [2.05, 4.69) is 25.3 Å². The van der Waals surface area contributed by atoms with Crippen LogP contribution in [0.25, 0.3) is 17.2 Å². The highest BCUT2D eigenvalue weighted by Gasteiger charge is 2.33. The third kappa shape index (κ3) is 4.68. The maximum atomic E-state index is 14.0. The van der Waals surface area contributed by atoms with E-state index >= 15 is 0 Å². The predicted molar refractivity (Wildman–Crippen MR) is 118 cm³/mol. The number of alkyl halides is 3. The van der Waals surface area contributed by atoms with Crippen molar-refractivity contribution in [2.45, 2.75) is 25.1 Å². The Balaban J connectivity index is 1.36. The molecule has 1 aliphatic rings. The van der Waals surface area contributed by atoms with E-state index in [1.54, 1.807) is 6.07 Å². The normalized spacial score (nSPS) is 16.4. The van der Waals surface area contributed by atoms with E-state index in [-0.39, 0.29) is 28.8 Å². The largest absolute Gasteiger partial charge is 0.434 e. The van der Waals surface area contributed by atoms with Crippen LogP contribution in [0.3, 0.4) is 0 Å². The molecule has 0 radical (unpaired) electrons. The summed E-state index contributed by atoms with van der Waals surface area (Å²) < 4.78 is 67.8. The number of aromatic nitrogens is 5. The molecule has 5 rings (SSSR count). The van der Waals surface area contributed by atoms with E-state index in [9.17, 15) is 26.7 Å². The number of carbonyl (C=O) groups excluding carboxylic acids is 1. The number of benzene rings is 1. The number of amides is 1. The first kappa shape index (κ1) is 23.6. The molecule has 0 aliphatic carbocycles. The highest BCUT2D eigenvalue weighted by molar-refractivity contribution is 5.94. The lowest BCUT2D eigenvalue weighted by atomic mass is 10.0. The van der Waals surface area contributed by atoms with Crippen LogP contribution >= 0.6 is 0 Å². The van der Waals surface area contributed by atoms with Gasteiger partial charge in [-0.05, 0) is 31.0 Å². The molecular formula is C23H18F5N7O. The maximum Gasteiger partial charge on any atom is 0.434 e. The van der Waals surface area contributed by atoms with Crippen molar-refractivity contribution in [3.8, 4) is 11.5 Å². The van der Waals surface area contributed by atoms with Crippen LogP contribution in [0.2, 0.25) is 0 Å². The third-order valence-corrected chi connectivity index (χ3v) is 5.81. The van der Waals surface area contributed by atoms with Gasteiger partial charge in [-0.1, -0.05) is 0 Å². The standard InChI is InChI=1S/C23H18F5N7O/c24-13-3-4-15(16(25)8-13)22(36)32-14-2-1-7-34(11-14)19-5-6-29-21(33-19)17-9-31-20-10-30-18(12-35(17)20)23(26,27)28/h3-6,8-10,12,14H,1-2,7,11H2,(H,32,36)/t14-/m0/s1. The molecule has 4 heterocycles. The van der Waals surface area contributed by atoms with E-state index in [4.69, 9.17) is 0 Å². The van der Waals surface area contributed by atoms with Gasteiger partial charge in [0, 0.05) is 37.6 Å². The average molecular weight is 503 g/mol. The summed E-state index contributed by atoms with van der Waals surface area (Å²) in [7, 11) is 0. The number of hydrogen-bond acceptors (Lipinski definition) is 6. The molecule has 13 heteroatoms. The zero-order valence-corrected chi connectivity index (χ0v) is 18.5. The number of carbonyl (C=O) groups is 1. The summed E-state index contributed by atoms with van der Waals surface area (Å²) in [5.41, 5.74) is -0.857. The molecule has 0 unspecified atom stereocenters. The first-order chi connectivity index (χ1) is 17.2. The number of hydrogen-bond donors (Lipinski definition) is 1. The van der Waals surface area contributed by atoms with Crippen molar-refractivity contribution in [2.75, 3.05) is 18.0 Å². The van der Waals surface area contributed by atoms with Crippen LogP contribution in [0.5, 0.6) is 0 Å². The molecule has 36 heavy (non-hydrogen) atoms. The van der Waals surface area contributed by atoms with Gasteiger partial charge in [-0.15, -0.1) is 0 Å². The molecule has 1 aliphatic heterocycles. The van der Waals surface area contributed by atoms with Gasteiger partial charge in [0.2, 0.25) is 0 Å².